The van der Waals surface area contributed by atoms with Crippen molar-refractivity contribution in [3.05, 3.63) is 0 Å². The Morgan fingerprint density at radius 1 is 1.24 bits per heavy atom. The quantitative estimate of drug-likeness (QED) is 0.822. The molecule has 2 unspecified atom stereocenters. The van der Waals surface area contributed by atoms with E-state index in [1.54, 1.807) is 4.90 Å². The summed E-state index contributed by atoms with van der Waals surface area (Å²) in [5, 5.41) is 12.8. The molecule has 1 aliphatic heterocycles. The van der Waals surface area contributed by atoms with Crippen molar-refractivity contribution in [2.24, 2.45) is 5.92 Å². The fraction of sp³-hybridized carbons (Fsp3) is 0.867. The Bertz CT molecular complexity index is 408. The van der Waals surface area contributed by atoms with E-state index >= 15 is 0 Å². The van der Waals surface area contributed by atoms with E-state index in [-0.39, 0.29) is 12.1 Å². The van der Waals surface area contributed by atoms with Gasteiger partial charge in [-0.15, -0.1) is 0 Å². The lowest BCUT2D eigenvalue weighted by atomic mass is 9.77. The lowest BCUT2D eigenvalue weighted by Crippen LogP contribution is -2.62. The van der Waals surface area contributed by atoms with Crippen LogP contribution in [0.4, 0.5) is 4.79 Å². The first kappa shape index (κ1) is 16.5. The second-order valence-corrected chi connectivity index (χ2v) is 7.99. The molecule has 1 saturated heterocycles. The van der Waals surface area contributed by atoms with Gasteiger partial charge in [0.15, 0.2) is 0 Å². The molecule has 0 aromatic heterocycles. The van der Waals surface area contributed by atoms with E-state index in [4.69, 9.17) is 0 Å². The molecule has 2 rings (SSSR count). The third-order valence-corrected chi connectivity index (χ3v) is 6.37. The summed E-state index contributed by atoms with van der Waals surface area (Å²) in [5.74, 6) is 0.560. The number of carboxylic acids is 1. The zero-order valence-electron chi connectivity index (χ0n) is 13.1. The molecule has 2 aliphatic rings. The van der Waals surface area contributed by atoms with Gasteiger partial charge in [0, 0.05) is 23.6 Å². The second-order valence-electron chi connectivity index (χ2n) is 6.51. The molecule has 0 spiro atoms. The van der Waals surface area contributed by atoms with Crippen LogP contribution in [0.15, 0.2) is 0 Å². The Labute approximate surface area is 130 Å². The van der Waals surface area contributed by atoms with Gasteiger partial charge >= 0.3 is 12.0 Å². The molecule has 0 aromatic carbocycles. The van der Waals surface area contributed by atoms with Crippen LogP contribution >= 0.6 is 11.8 Å². The molecule has 1 aliphatic carbocycles. The highest BCUT2D eigenvalue weighted by molar-refractivity contribution is 8.00. The van der Waals surface area contributed by atoms with Crippen molar-refractivity contribution in [2.45, 2.75) is 63.3 Å². The summed E-state index contributed by atoms with van der Waals surface area (Å²) in [7, 11) is 0. The predicted octanol–water partition coefficient (Wildman–Crippen LogP) is 2.56. The average Bonchev–Trinajstić information content (AvgIpc) is 2.44. The van der Waals surface area contributed by atoms with Crippen LogP contribution in [0, 0.1) is 5.92 Å². The third-order valence-electron chi connectivity index (χ3n) is 5.03. The average molecular weight is 314 g/mol. The highest BCUT2D eigenvalue weighted by Crippen LogP contribution is 2.33. The number of amides is 2. The maximum absolute atomic E-state index is 12.6. The summed E-state index contributed by atoms with van der Waals surface area (Å²) in [6.07, 6.45) is 2.77. The van der Waals surface area contributed by atoms with E-state index in [0.717, 1.165) is 18.6 Å². The zero-order chi connectivity index (χ0) is 15.6. The molecule has 2 amide bonds. The molecule has 6 heteroatoms. The number of rotatable bonds is 2. The summed E-state index contributed by atoms with van der Waals surface area (Å²) < 4.78 is 0. The lowest BCUT2D eigenvalue weighted by Gasteiger charge is -2.42. The molecule has 1 saturated carbocycles. The van der Waals surface area contributed by atoms with Gasteiger partial charge in [0.05, 0.1) is 0 Å². The van der Waals surface area contributed by atoms with E-state index in [0.29, 0.717) is 30.6 Å². The zero-order valence-corrected chi connectivity index (χ0v) is 13.9. The van der Waals surface area contributed by atoms with E-state index in [1.165, 1.54) is 0 Å². The molecule has 2 fully saturated rings. The predicted molar refractivity (Wildman–Crippen MR) is 84.6 cm³/mol. The van der Waals surface area contributed by atoms with Gasteiger partial charge < -0.3 is 15.3 Å². The molecule has 1 heterocycles. The molecular formula is C15H26N2O3S. The van der Waals surface area contributed by atoms with Crippen molar-refractivity contribution in [1.29, 1.82) is 0 Å². The van der Waals surface area contributed by atoms with Gasteiger partial charge in [-0.05, 0) is 38.5 Å². The molecule has 21 heavy (non-hydrogen) atoms. The highest BCUT2D eigenvalue weighted by atomic mass is 32.2. The third kappa shape index (κ3) is 3.47. The topological polar surface area (TPSA) is 69.6 Å². The summed E-state index contributed by atoms with van der Waals surface area (Å²) in [6, 6.07) is -0.0799. The van der Waals surface area contributed by atoms with Gasteiger partial charge in [0.25, 0.3) is 0 Å². The van der Waals surface area contributed by atoms with Crippen molar-refractivity contribution in [1.82, 2.24) is 10.2 Å². The van der Waals surface area contributed by atoms with Crippen LogP contribution in [0.5, 0.6) is 0 Å². The van der Waals surface area contributed by atoms with Crippen LogP contribution in [-0.2, 0) is 4.79 Å². The summed E-state index contributed by atoms with van der Waals surface area (Å²) >= 11 is 1.86. The minimum Gasteiger partial charge on any atom is -0.480 e. The first-order valence-electron chi connectivity index (χ1n) is 7.79. The first-order chi connectivity index (χ1) is 9.85. The van der Waals surface area contributed by atoms with Crippen LogP contribution in [0.3, 0.4) is 0 Å². The van der Waals surface area contributed by atoms with Crippen LogP contribution in [0.25, 0.3) is 0 Å². The molecule has 5 nitrogen and oxygen atoms in total. The fourth-order valence-electron chi connectivity index (χ4n) is 3.14. The second kappa shape index (κ2) is 6.46. The fourth-order valence-corrected chi connectivity index (χ4v) is 4.24. The summed E-state index contributed by atoms with van der Waals surface area (Å²) in [4.78, 5) is 26.1. The first-order valence-corrected chi connectivity index (χ1v) is 8.84. The molecule has 0 aromatic rings. The molecular weight excluding hydrogens is 288 g/mol. The smallest absolute Gasteiger partial charge is 0.329 e. The Morgan fingerprint density at radius 2 is 1.86 bits per heavy atom. The number of thioether (sulfide) groups is 1. The Hall–Kier alpha value is -0.910. The van der Waals surface area contributed by atoms with Gasteiger partial charge in [0.1, 0.15) is 5.54 Å². The molecule has 0 radical (unpaired) electrons. The van der Waals surface area contributed by atoms with Crippen LogP contribution in [0.2, 0.25) is 0 Å². The molecule has 0 bridgehead atoms. The van der Waals surface area contributed by atoms with Gasteiger partial charge in [-0.25, -0.2) is 9.59 Å². The molecule has 120 valence electrons. The number of nitrogens with zero attached hydrogens (tertiary/aromatic N) is 1. The minimum absolute atomic E-state index is 0.136. The number of carbonyl (C=O) groups is 2. The van der Waals surface area contributed by atoms with E-state index in [2.05, 4.69) is 19.2 Å². The van der Waals surface area contributed by atoms with Gasteiger partial charge in [0.2, 0.25) is 0 Å². The number of urea groups is 1. The van der Waals surface area contributed by atoms with Crippen molar-refractivity contribution in [3.63, 3.8) is 0 Å². The number of aliphatic carboxylic acids is 1. The number of hydrogen-bond acceptors (Lipinski definition) is 3. The number of nitrogens with one attached hydrogen (secondary N) is 1. The maximum atomic E-state index is 12.6. The molecule has 2 atom stereocenters. The monoisotopic (exact) mass is 314 g/mol. The van der Waals surface area contributed by atoms with E-state index < -0.39 is 11.5 Å². The molecule has 2 N–H and O–H groups in total. The van der Waals surface area contributed by atoms with Crippen molar-refractivity contribution < 1.29 is 14.7 Å². The Kier molecular flexibility index (Phi) is 5.07. The van der Waals surface area contributed by atoms with Crippen molar-refractivity contribution in [2.75, 3.05) is 12.3 Å². The van der Waals surface area contributed by atoms with Gasteiger partial charge in [-0.3, -0.25) is 0 Å². The number of carboxylic acid groups (broad SMARTS) is 1. The summed E-state index contributed by atoms with van der Waals surface area (Å²) in [6.45, 7) is 6.98. The van der Waals surface area contributed by atoms with Gasteiger partial charge in [-0.2, -0.15) is 11.8 Å². The Morgan fingerprint density at radius 3 is 2.43 bits per heavy atom. The van der Waals surface area contributed by atoms with Crippen LogP contribution < -0.4 is 5.32 Å². The van der Waals surface area contributed by atoms with Crippen molar-refractivity contribution in [3.8, 4) is 0 Å². The SMILES string of the molecule is CC1CCC(NC(=O)N2CCSC(C)C2C)(C(=O)O)CC1. The van der Waals surface area contributed by atoms with Gasteiger partial charge in [-0.1, -0.05) is 13.8 Å². The van der Waals surface area contributed by atoms with Crippen LogP contribution in [-0.4, -0.2) is 51.1 Å². The van der Waals surface area contributed by atoms with Crippen LogP contribution in [0.1, 0.15) is 46.5 Å². The normalized spacial score (nSPS) is 37.1. The van der Waals surface area contributed by atoms with Crippen molar-refractivity contribution >= 4 is 23.8 Å². The summed E-state index contributed by atoms with van der Waals surface area (Å²) in [5.41, 5.74) is -1.07. The maximum Gasteiger partial charge on any atom is 0.329 e. The number of hydrogen-bond donors (Lipinski definition) is 2. The van der Waals surface area contributed by atoms with E-state index in [1.807, 2.05) is 18.7 Å². The lowest BCUT2D eigenvalue weighted by molar-refractivity contribution is -0.146. The minimum atomic E-state index is -1.07. The largest absolute Gasteiger partial charge is 0.480 e. The number of carbonyl (C=O) groups excluding carboxylic acids is 1. The van der Waals surface area contributed by atoms with E-state index in [9.17, 15) is 14.7 Å². The standard InChI is InChI=1S/C15H26N2O3S/c1-10-4-6-15(7-5-10,13(18)19)16-14(20)17-8-9-21-12(3)11(17)2/h10-12H,4-9H2,1-3H3,(H,16,20)(H,18,19). The Balaban J connectivity index is 2.06. The highest BCUT2D eigenvalue weighted by Gasteiger charge is 2.44.